The van der Waals surface area contributed by atoms with E-state index in [0.717, 1.165) is 49.8 Å². The second kappa shape index (κ2) is 12.1. The Kier molecular flexibility index (Phi) is 8.35. The molecule has 0 N–H and O–H groups in total. The van der Waals surface area contributed by atoms with Crippen molar-refractivity contribution in [2.24, 2.45) is 11.8 Å². The van der Waals surface area contributed by atoms with Gasteiger partial charge in [0.05, 0.1) is 19.6 Å². The number of rotatable bonds is 8. The number of amides is 1. The van der Waals surface area contributed by atoms with E-state index < -0.39 is 0 Å². The average Bonchev–Trinajstić information content (AvgIpc) is 2.95. The molecule has 3 aromatic rings. The van der Waals surface area contributed by atoms with E-state index in [-0.39, 0.29) is 23.7 Å². The van der Waals surface area contributed by atoms with Gasteiger partial charge in [-0.15, -0.1) is 0 Å². The first-order chi connectivity index (χ1) is 18.9. The molecule has 5 heteroatoms. The Labute approximate surface area is 232 Å². The Morgan fingerprint density at radius 3 is 2.05 bits per heavy atom. The number of carbonyl (C=O) groups excluding carboxylic acids is 2. The first-order valence-electron chi connectivity index (χ1n) is 14.3. The predicted octanol–water partition coefficient (Wildman–Crippen LogP) is 7.20. The first kappa shape index (κ1) is 27.0. The van der Waals surface area contributed by atoms with Crippen LogP contribution in [0.1, 0.15) is 62.0 Å². The van der Waals surface area contributed by atoms with E-state index in [9.17, 15) is 9.59 Å². The molecule has 0 heterocycles. The topological polar surface area (TPSA) is 49.9 Å². The summed E-state index contributed by atoms with van der Waals surface area (Å²) in [5, 5.41) is 0. The van der Waals surface area contributed by atoms with Gasteiger partial charge in [0.1, 0.15) is 0 Å². The number of hydrogen-bond acceptors (Lipinski definition) is 4. The number of benzene rings is 3. The zero-order valence-corrected chi connectivity index (χ0v) is 23.4. The minimum absolute atomic E-state index is 0.0128. The normalized spacial score (nSPS) is 19.2. The smallest absolute Gasteiger partial charge is 0.308 e. The van der Waals surface area contributed by atoms with Crippen molar-refractivity contribution in [3.8, 4) is 11.1 Å². The van der Waals surface area contributed by atoms with Crippen molar-refractivity contribution in [3.05, 3.63) is 83.9 Å². The fraction of sp³-hybridized carbons (Fsp3) is 0.412. The van der Waals surface area contributed by atoms with E-state index in [1.54, 1.807) is 0 Å². The summed E-state index contributed by atoms with van der Waals surface area (Å²) >= 11 is 0. The number of methoxy groups -OCH3 is 1. The molecule has 5 rings (SSSR count). The summed E-state index contributed by atoms with van der Waals surface area (Å²) < 4.78 is 4.92. The number of nitrogens with zero attached hydrogens (tertiary/aromatic N) is 2. The molecule has 0 spiro atoms. The minimum Gasteiger partial charge on any atom is -0.469 e. The molecule has 0 radical (unpaired) electrons. The van der Waals surface area contributed by atoms with E-state index >= 15 is 0 Å². The maximum Gasteiger partial charge on any atom is 0.308 e. The first-order valence-corrected chi connectivity index (χ1v) is 14.3. The van der Waals surface area contributed by atoms with Crippen molar-refractivity contribution in [1.82, 2.24) is 0 Å². The Bertz CT molecular complexity index is 1270. The number of ether oxygens (including phenoxy) is 1. The van der Waals surface area contributed by atoms with Crippen LogP contribution < -0.4 is 9.80 Å². The molecule has 0 unspecified atom stereocenters. The van der Waals surface area contributed by atoms with Crippen molar-refractivity contribution in [1.29, 1.82) is 0 Å². The zero-order valence-electron chi connectivity index (χ0n) is 23.4. The Morgan fingerprint density at radius 1 is 0.795 bits per heavy atom. The summed E-state index contributed by atoms with van der Waals surface area (Å²) in [6.45, 7) is 0.550. The maximum absolute atomic E-state index is 13.9. The van der Waals surface area contributed by atoms with Crippen LogP contribution in [-0.4, -0.2) is 33.1 Å². The van der Waals surface area contributed by atoms with Crippen LogP contribution in [0.2, 0.25) is 0 Å². The molecule has 1 amide bonds. The Morgan fingerprint density at radius 2 is 1.44 bits per heavy atom. The van der Waals surface area contributed by atoms with Crippen LogP contribution in [-0.2, 0) is 20.9 Å². The highest BCUT2D eigenvalue weighted by molar-refractivity contribution is 5.95. The highest BCUT2D eigenvalue weighted by Crippen LogP contribution is 2.43. The molecule has 39 heavy (non-hydrogen) atoms. The maximum atomic E-state index is 13.9. The van der Waals surface area contributed by atoms with Crippen LogP contribution in [0.25, 0.3) is 11.1 Å². The molecule has 5 nitrogen and oxygen atoms in total. The molecule has 0 aliphatic heterocycles. The summed E-state index contributed by atoms with van der Waals surface area (Å²) in [5.74, 6) is 0.522. The summed E-state index contributed by atoms with van der Waals surface area (Å²) in [7, 11) is 5.55. The van der Waals surface area contributed by atoms with Crippen LogP contribution in [0.5, 0.6) is 0 Å². The van der Waals surface area contributed by atoms with Crippen molar-refractivity contribution in [2.75, 3.05) is 31.0 Å². The van der Waals surface area contributed by atoms with Gasteiger partial charge in [0.15, 0.2) is 0 Å². The third-order valence-corrected chi connectivity index (χ3v) is 8.56. The van der Waals surface area contributed by atoms with Gasteiger partial charge in [0.2, 0.25) is 5.91 Å². The average molecular weight is 525 g/mol. The van der Waals surface area contributed by atoms with Gasteiger partial charge in [-0.25, -0.2) is 0 Å². The second-order valence-electron chi connectivity index (χ2n) is 11.4. The van der Waals surface area contributed by atoms with Crippen molar-refractivity contribution in [2.45, 2.75) is 57.4 Å². The van der Waals surface area contributed by atoms with Crippen molar-refractivity contribution < 1.29 is 14.3 Å². The predicted molar refractivity (Wildman–Crippen MR) is 158 cm³/mol. The zero-order chi connectivity index (χ0) is 27.4. The van der Waals surface area contributed by atoms with Gasteiger partial charge in [-0.1, -0.05) is 67.8 Å². The van der Waals surface area contributed by atoms with Gasteiger partial charge < -0.3 is 14.5 Å². The second-order valence-corrected chi connectivity index (χ2v) is 11.4. The van der Waals surface area contributed by atoms with Crippen LogP contribution in [0.4, 0.5) is 11.4 Å². The van der Waals surface area contributed by atoms with Gasteiger partial charge >= 0.3 is 5.97 Å². The fourth-order valence-corrected chi connectivity index (χ4v) is 6.00. The highest BCUT2D eigenvalue weighted by atomic mass is 16.5. The molecule has 2 saturated carbocycles. The lowest BCUT2D eigenvalue weighted by atomic mass is 9.71. The highest BCUT2D eigenvalue weighted by Gasteiger charge is 2.36. The molecule has 204 valence electrons. The molecular weight excluding hydrogens is 484 g/mol. The summed E-state index contributed by atoms with van der Waals surface area (Å²) in [6, 6.07) is 25.6. The number of esters is 1. The molecule has 2 aliphatic rings. The third kappa shape index (κ3) is 6.19. The molecule has 3 aromatic carbocycles. The SMILES string of the molecule is COC(=O)C1CC(c2cccc(N(Cc3ccc(-c4ccc(N(C)C)cc4)cc3)C(=O)C3CCCCC3)c2)C1. The molecule has 0 saturated heterocycles. The number of anilines is 2. The molecule has 0 atom stereocenters. The summed E-state index contributed by atoms with van der Waals surface area (Å²) in [6.07, 6.45) is 7.04. The minimum atomic E-state index is -0.117. The van der Waals surface area contributed by atoms with Crippen LogP contribution >= 0.6 is 0 Å². The van der Waals surface area contributed by atoms with Crippen LogP contribution in [0.3, 0.4) is 0 Å². The Balaban J connectivity index is 1.36. The third-order valence-electron chi connectivity index (χ3n) is 8.56. The summed E-state index contributed by atoms with van der Waals surface area (Å²) in [4.78, 5) is 29.9. The monoisotopic (exact) mass is 524 g/mol. The van der Waals surface area contributed by atoms with E-state index in [1.165, 1.54) is 35.9 Å². The molecule has 0 bridgehead atoms. The number of carbonyl (C=O) groups is 2. The standard InChI is InChI=1S/C34H40N2O3/c1-35(2)31-18-16-26(17-19-31)25-14-12-24(13-15-25)23-36(33(37)27-8-5-4-6-9-27)32-11-7-10-28(22-32)29-20-30(21-29)34(38)39-3/h7,10-19,22,27,29-30H,4-6,8-9,20-21,23H2,1-3H3. The van der Waals surface area contributed by atoms with Gasteiger partial charge in [0.25, 0.3) is 0 Å². The lowest BCUT2D eigenvalue weighted by molar-refractivity contribution is -0.148. The lowest BCUT2D eigenvalue weighted by Gasteiger charge is -2.35. The van der Waals surface area contributed by atoms with Crippen LogP contribution in [0.15, 0.2) is 72.8 Å². The van der Waals surface area contributed by atoms with Gasteiger partial charge in [-0.2, -0.15) is 0 Å². The molecule has 2 aliphatic carbocycles. The quantitative estimate of drug-likeness (QED) is 0.292. The molecule has 0 aromatic heterocycles. The van der Waals surface area contributed by atoms with Crippen LogP contribution in [0, 0.1) is 11.8 Å². The van der Waals surface area contributed by atoms with E-state index in [0.29, 0.717) is 12.5 Å². The molecule has 2 fully saturated rings. The van der Waals surface area contributed by atoms with E-state index in [4.69, 9.17) is 4.74 Å². The molecular formula is C34H40N2O3. The number of hydrogen-bond donors (Lipinski definition) is 0. The van der Waals surface area contributed by atoms with Crippen molar-refractivity contribution in [3.63, 3.8) is 0 Å². The summed E-state index contributed by atoms with van der Waals surface area (Å²) in [5.41, 5.74) is 6.80. The van der Waals surface area contributed by atoms with Crippen molar-refractivity contribution >= 4 is 23.3 Å². The Hall–Kier alpha value is -3.60. The lowest BCUT2D eigenvalue weighted by Crippen LogP contribution is -2.37. The van der Waals surface area contributed by atoms with E-state index in [1.807, 2.05) is 19.0 Å². The fourth-order valence-electron chi connectivity index (χ4n) is 6.00. The van der Waals surface area contributed by atoms with Gasteiger partial charge in [-0.3, -0.25) is 9.59 Å². The van der Waals surface area contributed by atoms with Gasteiger partial charge in [0, 0.05) is 31.4 Å². The van der Waals surface area contributed by atoms with Gasteiger partial charge in [-0.05, 0) is 78.1 Å². The van der Waals surface area contributed by atoms with E-state index in [2.05, 4.69) is 77.7 Å². The largest absolute Gasteiger partial charge is 0.469 e.